The van der Waals surface area contributed by atoms with Crippen LogP contribution in [0, 0.1) is 0 Å². The Morgan fingerprint density at radius 1 is 1.19 bits per heavy atom. The fraction of sp³-hybridized carbons (Fsp3) is 0.412. The Morgan fingerprint density at radius 3 is 2.52 bits per heavy atom. The van der Waals surface area contributed by atoms with E-state index in [1.807, 2.05) is 18.2 Å². The molecule has 4 heteroatoms. The van der Waals surface area contributed by atoms with E-state index in [-0.39, 0.29) is 18.7 Å². The molecule has 0 aliphatic rings. The lowest BCUT2D eigenvalue weighted by molar-refractivity contribution is 0.263. The number of ether oxygens (including phenoxy) is 1. The van der Waals surface area contributed by atoms with Crippen LogP contribution in [0.4, 0.5) is 0 Å². The molecule has 0 aromatic heterocycles. The summed E-state index contributed by atoms with van der Waals surface area (Å²) in [6.07, 6.45) is 0.713. The van der Waals surface area contributed by atoms with Gasteiger partial charge in [0.2, 0.25) is 0 Å². The fourth-order valence-corrected chi connectivity index (χ4v) is 2.68. The molecule has 0 radical (unpaired) electrons. The van der Waals surface area contributed by atoms with Gasteiger partial charge in [-0.1, -0.05) is 30.3 Å². The molecule has 0 aliphatic carbocycles. The largest absolute Gasteiger partial charge is 0.496 e. The molecular weight excluding hydrogens is 264 g/mol. The predicted octanol–water partition coefficient (Wildman–Crippen LogP) is 2.21. The van der Waals surface area contributed by atoms with E-state index in [0.29, 0.717) is 13.0 Å². The number of aliphatic hydroxyl groups excluding tert-OH is 1. The second-order valence-corrected chi connectivity index (χ2v) is 5.27. The van der Waals surface area contributed by atoms with Crippen molar-refractivity contribution in [3.05, 3.63) is 42.0 Å². The first-order chi connectivity index (χ1) is 10.2. The Bertz CT molecular complexity index is 586. The highest BCUT2D eigenvalue weighted by atomic mass is 16.5. The fourth-order valence-electron chi connectivity index (χ4n) is 2.68. The highest BCUT2D eigenvalue weighted by Gasteiger charge is 2.16. The van der Waals surface area contributed by atoms with E-state index in [2.05, 4.69) is 30.4 Å². The highest BCUT2D eigenvalue weighted by Crippen LogP contribution is 2.31. The molecule has 0 spiro atoms. The summed E-state index contributed by atoms with van der Waals surface area (Å²) in [7, 11) is 1.68. The van der Waals surface area contributed by atoms with Crippen LogP contribution in [-0.4, -0.2) is 31.4 Å². The minimum Gasteiger partial charge on any atom is -0.496 e. The monoisotopic (exact) mass is 288 g/mol. The number of benzene rings is 2. The van der Waals surface area contributed by atoms with Gasteiger partial charge in [0, 0.05) is 30.6 Å². The van der Waals surface area contributed by atoms with E-state index in [1.54, 1.807) is 7.11 Å². The summed E-state index contributed by atoms with van der Waals surface area (Å²) in [5.74, 6) is 0.869. The van der Waals surface area contributed by atoms with Crippen LogP contribution in [0.15, 0.2) is 36.4 Å². The second-order valence-electron chi connectivity index (χ2n) is 5.27. The van der Waals surface area contributed by atoms with E-state index in [1.165, 1.54) is 5.56 Å². The van der Waals surface area contributed by atoms with Gasteiger partial charge in [-0.2, -0.15) is 0 Å². The minimum atomic E-state index is 0.0577. The zero-order valence-electron chi connectivity index (χ0n) is 12.7. The van der Waals surface area contributed by atoms with E-state index < -0.39 is 0 Å². The molecule has 4 N–H and O–H groups in total. The first-order valence-corrected chi connectivity index (χ1v) is 7.33. The first-order valence-electron chi connectivity index (χ1n) is 7.33. The van der Waals surface area contributed by atoms with Crippen LogP contribution in [-0.2, 0) is 0 Å². The quantitative estimate of drug-likeness (QED) is 0.731. The molecule has 2 unspecified atom stereocenters. The summed E-state index contributed by atoms with van der Waals surface area (Å²) in [6, 6.07) is 12.5. The van der Waals surface area contributed by atoms with Crippen molar-refractivity contribution in [3.8, 4) is 5.75 Å². The molecule has 0 fully saturated rings. The maximum Gasteiger partial charge on any atom is 0.126 e. The average molecular weight is 288 g/mol. The molecule has 0 aliphatic heterocycles. The lowest BCUT2D eigenvalue weighted by atomic mass is 9.97. The van der Waals surface area contributed by atoms with E-state index >= 15 is 0 Å². The van der Waals surface area contributed by atoms with Crippen molar-refractivity contribution in [1.82, 2.24) is 5.32 Å². The summed E-state index contributed by atoms with van der Waals surface area (Å²) in [6.45, 7) is 2.74. The molecule has 2 atom stereocenters. The van der Waals surface area contributed by atoms with E-state index in [9.17, 15) is 0 Å². The normalized spacial score (nSPS) is 14.1. The zero-order chi connectivity index (χ0) is 15.2. The molecule has 0 heterocycles. The van der Waals surface area contributed by atoms with Gasteiger partial charge in [0.15, 0.2) is 0 Å². The summed E-state index contributed by atoms with van der Waals surface area (Å²) in [5.41, 5.74) is 7.12. The molecule has 0 bridgehead atoms. The summed E-state index contributed by atoms with van der Waals surface area (Å²) < 4.78 is 5.43. The van der Waals surface area contributed by atoms with Crippen molar-refractivity contribution in [3.63, 3.8) is 0 Å². The number of fused-ring (bicyclic) bond motifs is 1. The van der Waals surface area contributed by atoms with Gasteiger partial charge in [0.1, 0.15) is 5.75 Å². The summed E-state index contributed by atoms with van der Waals surface area (Å²) in [4.78, 5) is 0. The summed E-state index contributed by atoms with van der Waals surface area (Å²) in [5, 5.41) is 14.8. The number of nitrogens with one attached hydrogen (secondary N) is 1. The van der Waals surface area contributed by atoms with Gasteiger partial charge in [-0.3, -0.25) is 0 Å². The molecule has 4 nitrogen and oxygen atoms in total. The van der Waals surface area contributed by atoms with Crippen LogP contribution in [0.5, 0.6) is 5.75 Å². The molecule has 114 valence electrons. The van der Waals surface area contributed by atoms with Crippen LogP contribution in [0.1, 0.15) is 24.9 Å². The first kappa shape index (κ1) is 15.8. The minimum absolute atomic E-state index is 0.0577. The van der Waals surface area contributed by atoms with Crippen molar-refractivity contribution in [2.75, 3.05) is 20.3 Å². The molecule has 2 aromatic carbocycles. The Morgan fingerprint density at radius 2 is 1.90 bits per heavy atom. The van der Waals surface area contributed by atoms with Gasteiger partial charge in [0.05, 0.1) is 7.11 Å². The maximum atomic E-state index is 9.05. The smallest absolute Gasteiger partial charge is 0.126 e. The molecule has 21 heavy (non-hydrogen) atoms. The number of nitrogens with two attached hydrogens (primary N) is 1. The Labute approximate surface area is 125 Å². The number of rotatable bonds is 7. The SMILES string of the molecule is COc1ccc(C(CN)NC(C)CCO)c2ccccc12. The molecule has 0 amide bonds. The molecule has 0 saturated carbocycles. The second kappa shape index (κ2) is 7.41. The third-order valence-corrected chi connectivity index (χ3v) is 3.80. The van der Waals surface area contributed by atoms with Crippen molar-refractivity contribution in [1.29, 1.82) is 0 Å². The van der Waals surface area contributed by atoms with Crippen LogP contribution in [0.2, 0.25) is 0 Å². The topological polar surface area (TPSA) is 67.5 Å². The highest BCUT2D eigenvalue weighted by molar-refractivity contribution is 5.91. The lowest BCUT2D eigenvalue weighted by Crippen LogP contribution is -2.35. The van der Waals surface area contributed by atoms with Crippen molar-refractivity contribution < 1.29 is 9.84 Å². The number of methoxy groups -OCH3 is 1. The molecule has 2 aromatic rings. The van der Waals surface area contributed by atoms with E-state index in [0.717, 1.165) is 16.5 Å². The Hall–Kier alpha value is -1.62. The average Bonchev–Trinajstić information content (AvgIpc) is 2.52. The Balaban J connectivity index is 2.40. The number of hydrogen-bond donors (Lipinski definition) is 3. The third kappa shape index (κ3) is 3.53. The van der Waals surface area contributed by atoms with Gasteiger partial charge in [-0.15, -0.1) is 0 Å². The number of aliphatic hydroxyl groups is 1. The van der Waals surface area contributed by atoms with Crippen molar-refractivity contribution >= 4 is 10.8 Å². The van der Waals surface area contributed by atoms with Crippen LogP contribution in [0.25, 0.3) is 10.8 Å². The van der Waals surface area contributed by atoms with Crippen molar-refractivity contribution in [2.24, 2.45) is 5.73 Å². The summed E-state index contributed by atoms with van der Waals surface area (Å²) >= 11 is 0. The van der Waals surface area contributed by atoms with Crippen molar-refractivity contribution in [2.45, 2.75) is 25.4 Å². The molecule has 2 rings (SSSR count). The van der Waals surface area contributed by atoms with Crippen LogP contribution in [0.3, 0.4) is 0 Å². The van der Waals surface area contributed by atoms with Crippen LogP contribution < -0.4 is 15.8 Å². The van der Waals surface area contributed by atoms with Crippen LogP contribution >= 0.6 is 0 Å². The molecule has 0 saturated heterocycles. The standard InChI is InChI=1S/C17H24N2O2/c1-12(9-10-20)19-16(11-18)14-7-8-17(21-2)15-6-4-3-5-13(14)15/h3-8,12,16,19-20H,9-11,18H2,1-2H3. The van der Waals surface area contributed by atoms with Gasteiger partial charge in [-0.25, -0.2) is 0 Å². The van der Waals surface area contributed by atoms with E-state index in [4.69, 9.17) is 15.6 Å². The Kier molecular flexibility index (Phi) is 5.56. The molecular formula is C17H24N2O2. The maximum absolute atomic E-state index is 9.05. The third-order valence-electron chi connectivity index (χ3n) is 3.80. The van der Waals surface area contributed by atoms with Gasteiger partial charge in [-0.05, 0) is 30.4 Å². The number of hydrogen-bond acceptors (Lipinski definition) is 4. The van der Waals surface area contributed by atoms with Gasteiger partial charge >= 0.3 is 0 Å². The predicted molar refractivity (Wildman–Crippen MR) is 86.6 cm³/mol. The zero-order valence-corrected chi connectivity index (χ0v) is 12.7. The van der Waals surface area contributed by atoms with Gasteiger partial charge in [0.25, 0.3) is 0 Å². The van der Waals surface area contributed by atoms with Gasteiger partial charge < -0.3 is 20.9 Å². The lowest BCUT2D eigenvalue weighted by Gasteiger charge is -2.24.